The molecule has 3 rings (SSSR count). The van der Waals surface area contributed by atoms with Crippen LogP contribution in [0.15, 0.2) is 29.3 Å². The van der Waals surface area contributed by atoms with Gasteiger partial charge in [0, 0.05) is 52.9 Å². The number of nitrogens with one attached hydrogen (secondary N) is 2. The van der Waals surface area contributed by atoms with Gasteiger partial charge in [0.15, 0.2) is 5.96 Å². The first-order chi connectivity index (χ1) is 13.8. The maximum Gasteiger partial charge on any atom is 0.191 e. The third kappa shape index (κ3) is 6.44. The lowest BCUT2D eigenvalue weighted by Crippen LogP contribution is -2.48. The number of aryl methyl sites for hydroxylation is 1. The number of nitrogens with zero attached hydrogens (tertiary/aromatic N) is 3. The Morgan fingerprint density at radius 2 is 1.64 bits per heavy atom. The van der Waals surface area contributed by atoms with E-state index < -0.39 is 0 Å². The highest BCUT2D eigenvalue weighted by molar-refractivity contribution is 5.79. The van der Waals surface area contributed by atoms with Crippen LogP contribution in [0.4, 0.5) is 0 Å². The van der Waals surface area contributed by atoms with Crippen molar-refractivity contribution in [3.05, 3.63) is 35.4 Å². The highest BCUT2D eigenvalue weighted by atomic mass is 16.5. The average molecular weight is 390 g/mol. The Hall–Kier alpha value is -1.67. The molecule has 1 aromatic rings. The van der Waals surface area contributed by atoms with E-state index in [1.54, 1.807) is 0 Å². The van der Waals surface area contributed by atoms with Gasteiger partial charge in [-0.15, -0.1) is 0 Å². The monoisotopic (exact) mass is 389 g/mol. The number of guanidine groups is 1. The smallest absolute Gasteiger partial charge is 0.191 e. The average Bonchev–Trinajstić information content (AvgIpc) is 2.75. The Morgan fingerprint density at radius 1 is 1.00 bits per heavy atom. The van der Waals surface area contributed by atoms with Crippen LogP contribution in [-0.2, 0) is 9.47 Å². The van der Waals surface area contributed by atoms with Gasteiger partial charge in [0.2, 0.25) is 0 Å². The van der Waals surface area contributed by atoms with Crippen LogP contribution in [-0.4, -0.2) is 95.0 Å². The van der Waals surface area contributed by atoms with Crippen molar-refractivity contribution in [2.45, 2.75) is 13.0 Å². The predicted octanol–water partition coefficient (Wildman–Crippen LogP) is 0.866. The lowest BCUT2D eigenvalue weighted by Gasteiger charge is -2.35. The summed E-state index contributed by atoms with van der Waals surface area (Å²) < 4.78 is 11.0. The van der Waals surface area contributed by atoms with Crippen molar-refractivity contribution in [2.75, 3.05) is 79.3 Å². The SMILES string of the molecule is CN=C(NCCN1CCOCC1)NCC(c1ccc(C)cc1)N1CCOCC1. The molecule has 0 amide bonds. The fraction of sp³-hybridized carbons (Fsp3) is 0.667. The van der Waals surface area contributed by atoms with Gasteiger partial charge in [-0.25, -0.2) is 0 Å². The summed E-state index contributed by atoms with van der Waals surface area (Å²) in [5.41, 5.74) is 2.63. The molecule has 0 spiro atoms. The molecule has 1 atom stereocenters. The lowest BCUT2D eigenvalue weighted by atomic mass is 10.0. The van der Waals surface area contributed by atoms with Crippen LogP contribution in [0.5, 0.6) is 0 Å². The van der Waals surface area contributed by atoms with Crippen LogP contribution < -0.4 is 10.6 Å². The van der Waals surface area contributed by atoms with Crippen LogP contribution >= 0.6 is 0 Å². The van der Waals surface area contributed by atoms with Gasteiger partial charge in [0.05, 0.1) is 32.5 Å². The fourth-order valence-corrected chi connectivity index (χ4v) is 3.71. The standard InChI is InChI=1S/C21H35N5O2/c1-18-3-5-19(6-4-18)20(26-11-15-28-16-12-26)17-24-21(22-2)23-7-8-25-9-13-27-14-10-25/h3-6,20H,7-17H2,1-2H3,(H2,22,23,24). The Kier molecular flexibility index (Phi) is 8.54. The second-order valence-electron chi connectivity index (χ2n) is 7.41. The van der Waals surface area contributed by atoms with Gasteiger partial charge in [0.25, 0.3) is 0 Å². The molecule has 2 fully saturated rings. The van der Waals surface area contributed by atoms with E-state index in [-0.39, 0.29) is 0 Å². The van der Waals surface area contributed by atoms with E-state index in [0.29, 0.717) is 6.04 Å². The first-order valence-corrected chi connectivity index (χ1v) is 10.4. The molecule has 2 heterocycles. The predicted molar refractivity (Wildman–Crippen MR) is 113 cm³/mol. The first kappa shape index (κ1) is 21.0. The minimum absolute atomic E-state index is 0.308. The number of benzene rings is 1. The molecule has 2 aliphatic rings. The van der Waals surface area contributed by atoms with Crippen molar-refractivity contribution in [2.24, 2.45) is 4.99 Å². The van der Waals surface area contributed by atoms with Crippen LogP contribution in [0.2, 0.25) is 0 Å². The second-order valence-corrected chi connectivity index (χ2v) is 7.41. The molecule has 7 nitrogen and oxygen atoms in total. The van der Waals surface area contributed by atoms with Gasteiger partial charge in [-0.1, -0.05) is 29.8 Å². The summed E-state index contributed by atoms with van der Waals surface area (Å²) in [6.07, 6.45) is 0. The van der Waals surface area contributed by atoms with Crippen LogP contribution in [0, 0.1) is 6.92 Å². The third-order valence-electron chi connectivity index (χ3n) is 5.46. The summed E-state index contributed by atoms with van der Waals surface area (Å²) in [5.74, 6) is 0.860. The number of hydrogen-bond donors (Lipinski definition) is 2. The molecule has 2 aliphatic heterocycles. The summed E-state index contributed by atoms with van der Waals surface area (Å²) >= 11 is 0. The number of hydrogen-bond acceptors (Lipinski definition) is 5. The van der Waals surface area contributed by atoms with Gasteiger partial charge >= 0.3 is 0 Å². The maximum absolute atomic E-state index is 5.55. The van der Waals surface area contributed by atoms with E-state index in [0.717, 1.165) is 78.2 Å². The van der Waals surface area contributed by atoms with Gasteiger partial charge in [-0.2, -0.15) is 0 Å². The molecule has 28 heavy (non-hydrogen) atoms. The molecule has 1 aromatic carbocycles. The van der Waals surface area contributed by atoms with E-state index in [1.807, 2.05) is 7.05 Å². The van der Waals surface area contributed by atoms with E-state index in [9.17, 15) is 0 Å². The van der Waals surface area contributed by atoms with Crippen LogP contribution in [0.3, 0.4) is 0 Å². The van der Waals surface area contributed by atoms with Crippen molar-refractivity contribution in [1.82, 2.24) is 20.4 Å². The van der Waals surface area contributed by atoms with E-state index in [4.69, 9.17) is 9.47 Å². The zero-order chi connectivity index (χ0) is 19.6. The normalized spacial score (nSPS) is 20.7. The fourth-order valence-electron chi connectivity index (χ4n) is 3.71. The van der Waals surface area contributed by atoms with Crippen molar-refractivity contribution >= 4 is 5.96 Å². The minimum Gasteiger partial charge on any atom is -0.379 e. The van der Waals surface area contributed by atoms with Gasteiger partial charge < -0.3 is 20.1 Å². The zero-order valence-electron chi connectivity index (χ0n) is 17.3. The zero-order valence-corrected chi connectivity index (χ0v) is 17.3. The molecule has 2 N–H and O–H groups in total. The maximum atomic E-state index is 5.55. The number of aliphatic imine (C=N–C) groups is 1. The molecular formula is C21H35N5O2. The Balaban J connectivity index is 1.52. The number of ether oxygens (including phenoxy) is 2. The van der Waals surface area contributed by atoms with Crippen molar-refractivity contribution < 1.29 is 9.47 Å². The Morgan fingerprint density at radius 3 is 2.29 bits per heavy atom. The van der Waals surface area contributed by atoms with E-state index in [1.165, 1.54) is 11.1 Å². The molecule has 2 saturated heterocycles. The number of rotatable bonds is 7. The summed E-state index contributed by atoms with van der Waals surface area (Å²) in [6.45, 7) is 12.1. The second kappa shape index (κ2) is 11.4. The largest absolute Gasteiger partial charge is 0.379 e. The lowest BCUT2D eigenvalue weighted by molar-refractivity contribution is 0.0170. The molecular weight excluding hydrogens is 354 g/mol. The summed E-state index contributed by atoms with van der Waals surface area (Å²) in [5, 5.41) is 6.98. The highest BCUT2D eigenvalue weighted by Crippen LogP contribution is 2.21. The first-order valence-electron chi connectivity index (χ1n) is 10.4. The molecule has 7 heteroatoms. The molecule has 1 unspecified atom stereocenters. The van der Waals surface area contributed by atoms with Crippen molar-refractivity contribution in [3.63, 3.8) is 0 Å². The van der Waals surface area contributed by atoms with E-state index in [2.05, 4.69) is 56.6 Å². The Bertz CT molecular complexity index is 595. The molecule has 0 saturated carbocycles. The summed E-state index contributed by atoms with van der Waals surface area (Å²) in [7, 11) is 1.83. The van der Waals surface area contributed by atoms with Gasteiger partial charge in [-0.05, 0) is 12.5 Å². The van der Waals surface area contributed by atoms with Crippen LogP contribution in [0.25, 0.3) is 0 Å². The Labute approximate surface area is 169 Å². The van der Waals surface area contributed by atoms with Gasteiger partial charge in [0.1, 0.15) is 0 Å². The minimum atomic E-state index is 0.308. The topological polar surface area (TPSA) is 61.4 Å². The molecule has 156 valence electrons. The molecule has 0 aliphatic carbocycles. The van der Waals surface area contributed by atoms with Crippen molar-refractivity contribution in [3.8, 4) is 0 Å². The van der Waals surface area contributed by atoms with Crippen LogP contribution in [0.1, 0.15) is 17.2 Å². The van der Waals surface area contributed by atoms with E-state index >= 15 is 0 Å². The quantitative estimate of drug-likeness (QED) is 0.533. The van der Waals surface area contributed by atoms with Gasteiger partial charge in [-0.3, -0.25) is 14.8 Å². The molecule has 0 aromatic heterocycles. The molecule has 0 bridgehead atoms. The third-order valence-corrected chi connectivity index (χ3v) is 5.46. The highest BCUT2D eigenvalue weighted by Gasteiger charge is 2.23. The van der Waals surface area contributed by atoms with Crippen molar-refractivity contribution in [1.29, 1.82) is 0 Å². The molecule has 0 radical (unpaired) electrons. The summed E-state index contributed by atoms with van der Waals surface area (Å²) in [4.78, 5) is 9.33. The summed E-state index contributed by atoms with van der Waals surface area (Å²) in [6, 6.07) is 9.18. The number of morpholine rings is 2.